The molecular formula is C10H23N2O3PS5. The van der Waals surface area contributed by atoms with E-state index in [-0.39, 0.29) is 0 Å². The van der Waals surface area contributed by atoms with Gasteiger partial charge in [-0.15, -0.1) is 0 Å². The Bertz CT molecular complexity index is 326. The van der Waals surface area contributed by atoms with E-state index in [9.17, 15) is 0 Å². The molecule has 5 nitrogen and oxygen atoms in total. The van der Waals surface area contributed by atoms with E-state index in [2.05, 4.69) is 49.3 Å². The molecule has 0 unspecified atom stereocenters. The van der Waals surface area contributed by atoms with Gasteiger partial charge in [0.05, 0.1) is 0 Å². The van der Waals surface area contributed by atoms with Gasteiger partial charge in [0.1, 0.15) is 8.64 Å². The fourth-order valence-corrected chi connectivity index (χ4v) is 4.20. The van der Waals surface area contributed by atoms with Crippen molar-refractivity contribution in [2.75, 3.05) is 26.2 Å². The first kappa shape index (κ1) is 24.3. The fourth-order valence-electron chi connectivity index (χ4n) is 1.14. The van der Waals surface area contributed by atoms with Gasteiger partial charge in [-0.1, -0.05) is 24.4 Å². The van der Waals surface area contributed by atoms with Crippen molar-refractivity contribution in [3.05, 3.63) is 0 Å². The SMILES string of the molecule is CCN(CC)C(=S)SSC(=S)N(CC)CC.OP(O)(O)=S. The Balaban J connectivity index is 0. The minimum absolute atomic E-state index is 0.921. The molecule has 0 aromatic carbocycles. The van der Waals surface area contributed by atoms with Gasteiger partial charge in [0.2, 0.25) is 0 Å². The van der Waals surface area contributed by atoms with Crippen LogP contribution in [0.25, 0.3) is 0 Å². The van der Waals surface area contributed by atoms with Crippen molar-refractivity contribution in [1.82, 2.24) is 9.80 Å². The predicted molar refractivity (Wildman–Crippen MR) is 107 cm³/mol. The summed E-state index contributed by atoms with van der Waals surface area (Å²) >= 11 is 14.3. The largest absolute Gasteiger partial charge is 0.357 e. The summed E-state index contributed by atoms with van der Waals surface area (Å²) in [5.74, 6) is 0. The van der Waals surface area contributed by atoms with E-state index in [0.29, 0.717) is 0 Å². The van der Waals surface area contributed by atoms with Gasteiger partial charge >= 0.3 is 6.72 Å². The second-order valence-electron chi connectivity index (χ2n) is 3.56. The van der Waals surface area contributed by atoms with Crippen molar-refractivity contribution in [2.24, 2.45) is 0 Å². The van der Waals surface area contributed by atoms with Gasteiger partial charge in [-0.2, -0.15) is 0 Å². The number of rotatable bonds is 4. The highest BCUT2D eigenvalue weighted by Crippen LogP contribution is 2.28. The van der Waals surface area contributed by atoms with Crippen LogP contribution in [-0.2, 0) is 11.8 Å². The first-order valence-corrected chi connectivity index (χ1v) is 11.9. The average molecular weight is 411 g/mol. The van der Waals surface area contributed by atoms with Crippen LogP contribution in [0.4, 0.5) is 0 Å². The third-order valence-corrected chi connectivity index (χ3v) is 5.96. The lowest BCUT2D eigenvalue weighted by molar-refractivity contribution is 0.363. The maximum atomic E-state index is 7.56. The minimum atomic E-state index is -3.81. The average Bonchev–Trinajstić information content (AvgIpc) is 2.37. The predicted octanol–water partition coefficient (Wildman–Crippen LogP) is 2.81. The second-order valence-corrected chi connectivity index (χ2v) is 9.45. The van der Waals surface area contributed by atoms with Crippen molar-refractivity contribution in [2.45, 2.75) is 27.7 Å². The summed E-state index contributed by atoms with van der Waals surface area (Å²) in [6, 6.07) is 0. The zero-order chi connectivity index (χ0) is 17.1. The van der Waals surface area contributed by atoms with E-state index < -0.39 is 6.72 Å². The Morgan fingerprint density at radius 3 is 1.14 bits per heavy atom. The zero-order valence-corrected chi connectivity index (χ0v) is 17.5. The van der Waals surface area contributed by atoms with Gasteiger partial charge < -0.3 is 24.5 Å². The Morgan fingerprint density at radius 2 is 1.00 bits per heavy atom. The summed E-state index contributed by atoms with van der Waals surface area (Å²) in [6.45, 7) is 8.49. The van der Waals surface area contributed by atoms with Crippen LogP contribution in [-0.4, -0.2) is 59.3 Å². The zero-order valence-electron chi connectivity index (χ0n) is 12.6. The molecule has 0 aliphatic heterocycles. The third-order valence-electron chi connectivity index (χ3n) is 2.23. The molecule has 0 heterocycles. The third kappa shape index (κ3) is 15.7. The topological polar surface area (TPSA) is 67.2 Å². The Morgan fingerprint density at radius 1 is 0.810 bits per heavy atom. The molecule has 0 bridgehead atoms. The lowest BCUT2D eigenvalue weighted by atomic mass is 10.6. The number of hydrogen-bond donors (Lipinski definition) is 3. The van der Waals surface area contributed by atoms with Crippen molar-refractivity contribution in [3.63, 3.8) is 0 Å². The highest BCUT2D eigenvalue weighted by molar-refractivity contribution is 8.89. The molecule has 0 atom stereocenters. The quantitative estimate of drug-likeness (QED) is 0.366. The number of thiocarbonyl (C=S) groups is 2. The molecule has 0 aromatic rings. The second kappa shape index (κ2) is 13.4. The number of hydrogen-bond acceptors (Lipinski definition) is 5. The molecule has 0 saturated carbocycles. The molecule has 0 aliphatic rings. The lowest BCUT2D eigenvalue weighted by Gasteiger charge is -2.23. The standard InChI is InChI=1S/C10H20N2S4.H3O3PS/c1-5-11(6-2)9(13)15-16-10(14)12(7-3)8-4;1-4(2,3)5/h5-8H2,1-4H3;(H3,1,2,3,5). The summed E-state index contributed by atoms with van der Waals surface area (Å²) in [7, 11) is 3.18. The van der Waals surface area contributed by atoms with E-state index in [1.54, 1.807) is 21.6 Å². The summed E-state index contributed by atoms with van der Waals surface area (Å²) in [6.07, 6.45) is 0. The van der Waals surface area contributed by atoms with Gasteiger partial charge in [-0.25, -0.2) is 0 Å². The molecule has 0 spiro atoms. The maximum absolute atomic E-state index is 7.56. The van der Waals surface area contributed by atoms with E-state index in [1.165, 1.54) is 0 Å². The Labute approximate surface area is 151 Å². The Hall–Kier alpha value is 1.01. The lowest BCUT2D eigenvalue weighted by Crippen LogP contribution is -2.28. The highest BCUT2D eigenvalue weighted by atomic mass is 33.1. The normalized spacial score (nSPS) is 10.4. The minimum Gasteiger partial charge on any atom is -0.357 e. The van der Waals surface area contributed by atoms with Crippen LogP contribution in [0, 0.1) is 0 Å². The molecule has 0 fully saturated rings. The van der Waals surface area contributed by atoms with Crippen LogP contribution in [0.5, 0.6) is 0 Å². The van der Waals surface area contributed by atoms with Crippen LogP contribution < -0.4 is 0 Å². The summed E-state index contributed by atoms with van der Waals surface area (Å²) < 4.78 is 1.84. The van der Waals surface area contributed by atoms with Gasteiger partial charge in [-0.05, 0) is 61.1 Å². The molecule has 0 saturated heterocycles. The van der Waals surface area contributed by atoms with Gasteiger partial charge in [-0.3, -0.25) is 0 Å². The van der Waals surface area contributed by atoms with Crippen LogP contribution in [0.1, 0.15) is 27.7 Å². The van der Waals surface area contributed by atoms with Crippen molar-refractivity contribution >= 4 is 73.2 Å². The molecule has 0 amide bonds. The summed E-state index contributed by atoms with van der Waals surface area (Å²) in [5.41, 5.74) is 0. The molecule has 11 heteroatoms. The van der Waals surface area contributed by atoms with E-state index in [4.69, 9.17) is 39.1 Å². The van der Waals surface area contributed by atoms with Gasteiger partial charge in [0.15, 0.2) is 0 Å². The maximum Gasteiger partial charge on any atom is 0.319 e. The molecule has 0 radical (unpaired) electrons. The molecule has 21 heavy (non-hydrogen) atoms. The molecule has 126 valence electrons. The molecule has 0 rings (SSSR count). The van der Waals surface area contributed by atoms with Crippen molar-refractivity contribution in [3.8, 4) is 0 Å². The first-order chi connectivity index (χ1) is 9.60. The van der Waals surface area contributed by atoms with E-state index in [1.807, 2.05) is 0 Å². The van der Waals surface area contributed by atoms with Crippen molar-refractivity contribution in [1.29, 1.82) is 0 Å². The monoisotopic (exact) mass is 410 g/mol. The van der Waals surface area contributed by atoms with E-state index >= 15 is 0 Å². The van der Waals surface area contributed by atoms with Gasteiger partial charge in [0, 0.05) is 26.2 Å². The molecule has 0 aromatic heterocycles. The number of nitrogens with zero attached hydrogens (tertiary/aromatic N) is 2. The van der Waals surface area contributed by atoms with Crippen LogP contribution in [0.15, 0.2) is 0 Å². The smallest absolute Gasteiger partial charge is 0.319 e. The molecule has 0 aliphatic carbocycles. The van der Waals surface area contributed by atoms with Gasteiger partial charge in [0.25, 0.3) is 0 Å². The van der Waals surface area contributed by atoms with Crippen molar-refractivity contribution < 1.29 is 14.7 Å². The first-order valence-electron chi connectivity index (χ1n) is 6.31. The molecule has 3 N–H and O–H groups in total. The summed E-state index contributed by atoms with van der Waals surface area (Å²) in [5, 5.41) is 0. The highest BCUT2D eigenvalue weighted by Gasteiger charge is 2.11. The van der Waals surface area contributed by atoms with E-state index in [0.717, 1.165) is 34.8 Å². The fraction of sp³-hybridized carbons (Fsp3) is 0.800. The molecular weight excluding hydrogens is 387 g/mol. The Kier molecular flexibility index (Phi) is 15.5. The van der Waals surface area contributed by atoms with Crippen LogP contribution >= 0.6 is 52.7 Å². The van der Waals surface area contributed by atoms with Crippen LogP contribution in [0.2, 0.25) is 0 Å². The van der Waals surface area contributed by atoms with Crippen LogP contribution in [0.3, 0.4) is 0 Å². The summed E-state index contributed by atoms with van der Waals surface area (Å²) in [4.78, 5) is 27.0.